The highest BCUT2D eigenvalue weighted by Gasteiger charge is 2.32. The smallest absolute Gasteiger partial charge is 0.254 e. The zero-order valence-electron chi connectivity index (χ0n) is 20.1. The van der Waals surface area contributed by atoms with Crippen LogP contribution in [-0.2, 0) is 13.0 Å². The number of rotatable bonds is 6. The summed E-state index contributed by atoms with van der Waals surface area (Å²) >= 11 is 0. The molecule has 174 valence electrons. The molecular weight excluding hydrogens is 418 g/mol. The van der Waals surface area contributed by atoms with Crippen LogP contribution in [-0.4, -0.2) is 34.4 Å². The average Bonchev–Trinajstić information content (AvgIpc) is 3.26. The van der Waals surface area contributed by atoms with Crippen molar-refractivity contribution in [3.63, 3.8) is 0 Å². The number of H-pyrrole nitrogens is 1. The summed E-state index contributed by atoms with van der Waals surface area (Å²) in [5, 5.41) is 5.07. The summed E-state index contributed by atoms with van der Waals surface area (Å²) in [5.41, 5.74) is 6.83. The van der Waals surface area contributed by atoms with Gasteiger partial charge in [0.25, 0.3) is 5.91 Å². The van der Waals surface area contributed by atoms with Gasteiger partial charge >= 0.3 is 0 Å². The number of aromatic amines is 1. The number of aromatic nitrogens is 1. The Balaban J connectivity index is 1.33. The van der Waals surface area contributed by atoms with Crippen LogP contribution in [0.2, 0.25) is 0 Å². The van der Waals surface area contributed by atoms with Crippen molar-refractivity contribution in [3.8, 4) is 0 Å². The SMILES string of the molecule is Cc1cc(C)cc(C(=O)N2CC[C@H](NCc3c[nH]c4ccccc34)C[C@@H]2Cc2ccccc2)c1. The maximum Gasteiger partial charge on any atom is 0.254 e. The second-order valence-electron chi connectivity index (χ2n) is 9.68. The summed E-state index contributed by atoms with van der Waals surface area (Å²) in [6, 6.07) is 25.7. The summed E-state index contributed by atoms with van der Waals surface area (Å²) in [6.07, 6.45) is 4.90. The number of carbonyl (C=O) groups excluding carboxylic acids is 1. The number of carbonyl (C=O) groups is 1. The molecule has 1 fully saturated rings. The van der Waals surface area contributed by atoms with Gasteiger partial charge in [-0.1, -0.05) is 65.7 Å². The summed E-state index contributed by atoms with van der Waals surface area (Å²) in [5.74, 6) is 0.155. The number of nitrogens with one attached hydrogen (secondary N) is 2. The zero-order valence-corrected chi connectivity index (χ0v) is 20.1. The standard InChI is InChI=1S/C30H33N3O/c1-21-14-22(2)16-24(15-21)30(34)33-13-12-26(18-27(33)17-23-8-4-3-5-9-23)31-19-25-20-32-29-11-7-6-10-28(25)29/h3-11,14-16,20,26-27,31-32H,12-13,17-19H2,1-2H3/t26-,27-/m0/s1. The number of fused-ring (bicyclic) bond motifs is 1. The molecule has 1 aliphatic rings. The minimum Gasteiger partial charge on any atom is -0.361 e. The summed E-state index contributed by atoms with van der Waals surface area (Å²) < 4.78 is 0. The van der Waals surface area contributed by atoms with E-state index in [9.17, 15) is 4.79 Å². The number of aryl methyl sites for hydroxylation is 2. The second-order valence-corrected chi connectivity index (χ2v) is 9.68. The number of nitrogens with zero attached hydrogens (tertiary/aromatic N) is 1. The van der Waals surface area contributed by atoms with Crippen molar-refractivity contribution in [3.05, 3.63) is 107 Å². The molecule has 0 unspecified atom stereocenters. The van der Waals surface area contributed by atoms with E-state index in [1.165, 1.54) is 22.0 Å². The highest BCUT2D eigenvalue weighted by atomic mass is 16.2. The quantitative estimate of drug-likeness (QED) is 0.390. The predicted octanol–water partition coefficient (Wildman–Crippen LogP) is 5.79. The van der Waals surface area contributed by atoms with Crippen LogP contribution in [0.15, 0.2) is 79.0 Å². The first-order chi connectivity index (χ1) is 16.6. The Morgan fingerprint density at radius 1 is 1.00 bits per heavy atom. The van der Waals surface area contributed by atoms with Crippen LogP contribution < -0.4 is 5.32 Å². The molecule has 1 saturated heterocycles. The zero-order chi connectivity index (χ0) is 23.5. The van der Waals surface area contributed by atoms with Gasteiger partial charge in [0.05, 0.1) is 0 Å². The monoisotopic (exact) mass is 451 g/mol. The van der Waals surface area contributed by atoms with E-state index in [0.29, 0.717) is 6.04 Å². The fourth-order valence-corrected chi connectivity index (χ4v) is 5.38. The van der Waals surface area contributed by atoms with Crippen LogP contribution in [0.5, 0.6) is 0 Å². The van der Waals surface area contributed by atoms with Gasteiger partial charge in [-0.2, -0.15) is 0 Å². The maximum atomic E-state index is 13.6. The van der Waals surface area contributed by atoms with Gasteiger partial charge in [0.2, 0.25) is 0 Å². The highest BCUT2D eigenvalue weighted by Crippen LogP contribution is 2.25. The summed E-state index contributed by atoms with van der Waals surface area (Å²) in [6.45, 7) is 5.73. The Kier molecular flexibility index (Phi) is 6.50. The van der Waals surface area contributed by atoms with E-state index in [1.807, 2.05) is 18.2 Å². The van der Waals surface area contributed by atoms with Crippen molar-refractivity contribution in [2.45, 2.75) is 51.7 Å². The predicted molar refractivity (Wildman–Crippen MR) is 139 cm³/mol. The van der Waals surface area contributed by atoms with Crippen molar-refractivity contribution < 1.29 is 4.79 Å². The van der Waals surface area contributed by atoms with Gasteiger partial charge in [-0.25, -0.2) is 0 Å². The van der Waals surface area contributed by atoms with Gasteiger partial charge in [-0.15, -0.1) is 0 Å². The third-order valence-corrected chi connectivity index (χ3v) is 7.02. The third-order valence-electron chi connectivity index (χ3n) is 7.02. The van der Waals surface area contributed by atoms with Crippen molar-refractivity contribution in [2.75, 3.05) is 6.54 Å². The first-order valence-electron chi connectivity index (χ1n) is 12.3. The minimum atomic E-state index is 0.155. The lowest BCUT2D eigenvalue weighted by molar-refractivity contribution is 0.0576. The molecular formula is C30H33N3O. The van der Waals surface area contributed by atoms with E-state index in [4.69, 9.17) is 0 Å². The average molecular weight is 452 g/mol. The first kappa shape index (κ1) is 22.4. The molecule has 0 spiro atoms. The molecule has 0 radical (unpaired) electrons. The molecule has 0 bridgehead atoms. The molecule has 4 heteroatoms. The van der Waals surface area contributed by atoms with Crippen molar-refractivity contribution in [1.29, 1.82) is 0 Å². The van der Waals surface area contributed by atoms with E-state index in [-0.39, 0.29) is 11.9 Å². The molecule has 2 N–H and O–H groups in total. The number of benzene rings is 3. The summed E-state index contributed by atoms with van der Waals surface area (Å²) in [4.78, 5) is 19.1. The Hall–Kier alpha value is -3.37. The Labute approximate surface area is 202 Å². The topological polar surface area (TPSA) is 48.1 Å². The molecule has 4 aromatic rings. The second kappa shape index (κ2) is 9.86. The lowest BCUT2D eigenvalue weighted by Gasteiger charge is -2.40. The number of piperidine rings is 1. The van der Waals surface area contributed by atoms with Gasteiger partial charge in [0.1, 0.15) is 0 Å². The van der Waals surface area contributed by atoms with Crippen LogP contribution in [0, 0.1) is 13.8 Å². The molecule has 0 aliphatic carbocycles. The van der Waals surface area contributed by atoms with Crippen molar-refractivity contribution in [2.24, 2.45) is 0 Å². The van der Waals surface area contributed by atoms with Gasteiger partial charge in [0.15, 0.2) is 0 Å². The van der Waals surface area contributed by atoms with Gasteiger partial charge in [-0.05, 0) is 62.4 Å². The van der Waals surface area contributed by atoms with Crippen molar-refractivity contribution >= 4 is 16.8 Å². The van der Waals surface area contributed by atoms with Crippen LogP contribution in [0.25, 0.3) is 10.9 Å². The Morgan fingerprint density at radius 3 is 2.53 bits per heavy atom. The van der Waals surface area contributed by atoms with Gasteiger partial charge in [0, 0.05) is 47.8 Å². The lowest BCUT2D eigenvalue weighted by Crippen LogP contribution is -2.51. The normalized spacial score (nSPS) is 18.4. The Bertz CT molecular complexity index is 1260. The van der Waals surface area contributed by atoms with Gasteiger partial charge in [-0.3, -0.25) is 4.79 Å². The van der Waals surface area contributed by atoms with Crippen LogP contribution in [0.1, 0.15) is 45.5 Å². The van der Waals surface area contributed by atoms with E-state index >= 15 is 0 Å². The first-order valence-corrected chi connectivity index (χ1v) is 12.3. The van der Waals surface area contributed by atoms with Crippen LogP contribution in [0.3, 0.4) is 0 Å². The molecule has 3 aromatic carbocycles. The van der Waals surface area contributed by atoms with Gasteiger partial charge < -0.3 is 15.2 Å². The fraction of sp³-hybridized carbons (Fsp3) is 0.300. The number of para-hydroxylation sites is 1. The fourth-order valence-electron chi connectivity index (χ4n) is 5.38. The van der Waals surface area contributed by atoms with Crippen molar-refractivity contribution in [1.82, 2.24) is 15.2 Å². The molecule has 1 aliphatic heterocycles. The van der Waals surface area contributed by atoms with E-state index in [0.717, 1.165) is 49.0 Å². The van der Waals surface area contributed by atoms with E-state index < -0.39 is 0 Å². The molecule has 5 rings (SSSR count). The van der Waals surface area contributed by atoms with Crippen LogP contribution >= 0.6 is 0 Å². The number of amides is 1. The van der Waals surface area contributed by atoms with Crippen LogP contribution in [0.4, 0.5) is 0 Å². The third kappa shape index (κ3) is 4.92. The molecule has 1 amide bonds. The molecule has 2 heterocycles. The summed E-state index contributed by atoms with van der Waals surface area (Å²) in [7, 11) is 0. The molecule has 1 aromatic heterocycles. The molecule has 2 atom stereocenters. The van der Waals surface area contributed by atoms with E-state index in [2.05, 4.69) is 89.8 Å². The maximum absolute atomic E-state index is 13.6. The minimum absolute atomic E-state index is 0.155. The highest BCUT2D eigenvalue weighted by molar-refractivity contribution is 5.95. The lowest BCUT2D eigenvalue weighted by atomic mass is 9.91. The Morgan fingerprint density at radius 2 is 1.74 bits per heavy atom. The molecule has 0 saturated carbocycles. The number of likely N-dealkylation sites (tertiary alicyclic amines) is 1. The molecule has 4 nitrogen and oxygen atoms in total. The van der Waals surface area contributed by atoms with E-state index in [1.54, 1.807) is 0 Å². The molecule has 34 heavy (non-hydrogen) atoms. The largest absolute Gasteiger partial charge is 0.361 e. The number of hydrogen-bond donors (Lipinski definition) is 2. The number of hydrogen-bond acceptors (Lipinski definition) is 2.